The zero-order valence-corrected chi connectivity index (χ0v) is 26.7. The molecule has 3 N–H and O–H groups in total. The van der Waals surface area contributed by atoms with E-state index in [1.807, 2.05) is 13.8 Å². The summed E-state index contributed by atoms with van der Waals surface area (Å²) >= 11 is 3.73. The molecule has 2 aliphatic rings. The molecule has 9 unspecified atom stereocenters. The Morgan fingerprint density at radius 3 is 2.69 bits per heavy atom. The summed E-state index contributed by atoms with van der Waals surface area (Å²) in [6.45, 7) is 8.90. The van der Waals surface area contributed by atoms with Gasteiger partial charge in [0.2, 0.25) is 0 Å². The van der Waals surface area contributed by atoms with Gasteiger partial charge >= 0.3 is 11.9 Å². The molecule has 9 atom stereocenters. The molecule has 234 valence electrons. The second kappa shape index (κ2) is 14.4. The minimum atomic E-state index is -1.88. The van der Waals surface area contributed by atoms with Crippen molar-refractivity contribution in [1.29, 1.82) is 0 Å². The smallest absolute Gasteiger partial charge is 0.335 e. The summed E-state index contributed by atoms with van der Waals surface area (Å²) in [6.07, 6.45) is 9.38. The minimum absolute atomic E-state index is 0.0685. The number of halogens is 1. The van der Waals surface area contributed by atoms with Crippen molar-refractivity contribution in [2.75, 3.05) is 7.11 Å². The number of aliphatic hydroxyl groups excluding tert-OH is 1. The van der Waals surface area contributed by atoms with Crippen molar-refractivity contribution in [3.05, 3.63) is 48.2 Å². The average Bonchev–Trinajstić information content (AvgIpc) is 3.50. The molecule has 0 aliphatic carbocycles. The van der Waals surface area contributed by atoms with E-state index < -0.39 is 52.4 Å². The fourth-order valence-electron chi connectivity index (χ4n) is 5.12. The number of carboxylic acids is 1. The van der Waals surface area contributed by atoms with Crippen molar-refractivity contribution in [2.24, 2.45) is 11.8 Å². The lowest BCUT2D eigenvalue weighted by Crippen LogP contribution is -2.42. The van der Waals surface area contributed by atoms with E-state index in [9.17, 15) is 24.9 Å². The van der Waals surface area contributed by atoms with Crippen LogP contribution in [0.4, 0.5) is 0 Å². The number of rotatable bonds is 6. The molecule has 3 heterocycles. The summed E-state index contributed by atoms with van der Waals surface area (Å²) in [5.41, 5.74) is -1.27. The number of alkyl halides is 1. The quantitative estimate of drug-likeness (QED) is 0.225. The number of allylic oxidation sites excluding steroid dienone is 1. The number of fused-ring (bicyclic) bond motifs is 3. The molecule has 3 rings (SSSR count). The molecule has 42 heavy (non-hydrogen) atoms. The maximum Gasteiger partial charge on any atom is 0.335 e. The first-order valence-corrected chi connectivity index (χ1v) is 15.2. The van der Waals surface area contributed by atoms with Crippen LogP contribution in [0.3, 0.4) is 0 Å². The van der Waals surface area contributed by atoms with Crippen LogP contribution < -0.4 is 0 Å². The average molecular weight is 655 g/mol. The molecule has 1 aromatic rings. The number of aliphatic carboxylic acids is 1. The SMILES string of the molecule is COC1CC(C)CCc2nc(co2)C(C)=CC(O)C(C)C=CC(=O)OC2C1OC(C)(CC=CCC(C)(O)C(=O)O)C2Br. The lowest BCUT2D eigenvalue weighted by molar-refractivity contribution is -0.156. The van der Waals surface area contributed by atoms with E-state index in [1.165, 1.54) is 13.0 Å². The molecule has 10 nitrogen and oxygen atoms in total. The standard InChI is InChI=1S/C31H44BrNO9/c1-18-9-11-24-33-21(17-40-24)20(3)16-22(34)19(2)10-12-25(35)41-27-26(23(15-18)39-6)42-31(5,28(27)32)14-8-7-13-30(4,38)29(36)37/h7-8,10,12,16-19,22-23,26-28,34,38H,9,11,13-15H2,1-6H3,(H,36,37). The number of esters is 1. The number of carbonyl (C=O) groups is 2. The Kier molecular flexibility index (Phi) is 11.8. The van der Waals surface area contributed by atoms with Gasteiger partial charge in [0.15, 0.2) is 11.5 Å². The largest absolute Gasteiger partial charge is 0.479 e. The number of ether oxygens (including phenoxy) is 3. The summed E-state index contributed by atoms with van der Waals surface area (Å²) in [5, 5.41) is 29.9. The first kappa shape index (κ1) is 34.2. The molecule has 0 spiro atoms. The fourth-order valence-corrected chi connectivity index (χ4v) is 5.82. The van der Waals surface area contributed by atoms with Gasteiger partial charge in [-0.3, -0.25) is 0 Å². The molecule has 1 saturated heterocycles. The molecule has 2 bridgehead atoms. The molecular formula is C31H44BrNO9. The number of hydrogen-bond acceptors (Lipinski definition) is 9. The monoisotopic (exact) mass is 653 g/mol. The van der Waals surface area contributed by atoms with Gasteiger partial charge in [-0.1, -0.05) is 54.1 Å². The number of aryl methyl sites for hydroxylation is 1. The fraction of sp³-hybridized carbons (Fsp3) is 0.645. The highest BCUT2D eigenvalue weighted by Gasteiger charge is 2.55. The predicted octanol–water partition coefficient (Wildman–Crippen LogP) is 4.62. The van der Waals surface area contributed by atoms with Gasteiger partial charge < -0.3 is 33.9 Å². The lowest BCUT2D eigenvalue weighted by Gasteiger charge is -2.29. The number of carboxylic acid groups (broad SMARTS) is 1. The summed E-state index contributed by atoms with van der Waals surface area (Å²) in [7, 11) is 1.61. The number of oxazole rings is 1. The maximum atomic E-state index is 13.0. The van der Waals surface area contributed by atoms with Crippen LogP contribution in [0.15, 0.2) is 41.1 Å². The lowest BCUT2D eigenvalue weighted by atomic mass is 9.91. The predicted molar refractivity (Wildman–Crippen MR) is 160 cm³/mol. The molecular weight excluding hydrogens is 610 g/mol. The Balaban J connectivity index is 1.88. The van der Waals surface area contributed by atoms with Crippen molar-refractivity contribution in [3.63, 3.8) is 0 Å². The Labute approximate surface area is 255 Å². The highest BCUT2D eigenvalue weighted by Crippen LogP contribution is 2.43. The molecule has 0 aromatic carbocycles. The Morgan fingerprint density at radius 2 is 2.02 bits per heavy atom. The first-order chi connectivity index (χ1) is 19.7. The van der Waals surface area contributed by atoms with Gasteiger partial charge in [0.1, 0.15) is 24.2 Å². The number of aliphatic hydroxyl groups is 2. The molecule has 0 radical (unpaired) electrons. The highest BCUT2D eigenvalue weighted by atomic mass is 79.9. The van der Waals surface area contributed by atoms with E-state index >= 15 is 0 Å². The van der Waals surface area contributed by atoms with E-state index in [0.29, 0.717) is 30.8 Å². The maximum absolute atomic E-state index is 13.0. The number of hydrogen-bond donors (Lipinski definition) is 3. The second-order valence-corrected chi connectivity index (χ2v) is 13.0. The van der Waals surface area contributed by atoms with Crippen LogP contribution in [0.2, 0.25) is 0 Å². The number of aromatic nitrogens is 1. The molecule has 0 amide bonds. The first-order valence-electron chi connectivity index (χ1n) is 14.3. The summed E-state index contributed by atoms with van der Waals surface area (Å²) in [6, 6.07) is 0. The van der Waals surface area contributed by atoms with Crippen LogP contribution in [-0.4, -0.2) is 79.8 Å². The number of nitrogens with zero attached hydrogens (tertiary/aromatic N) is 1. The minimum Gasteiger partial charge on any atom is -0.479 e. The van der Waals surface area contributed by atoms with E-state index in [1.54, 1.807) is 44.6 Å². The van der Waals surface area contributed by atoms with Gasteiger partial charge in [0.25, 0.3) is 0 Å². The number of methoxy groups -OCH3 is 1. The summed E-state index contributed by atoms with van der Waals surface area (Å²) < 4.78 is 24.2. The molecule has 1 aromatic heterocycles. The third-order valence-corrected chi connectivity index (χ3v) is 9.61. The van der Waals surface area contributed by atoms with Crippen LogP contribution >= 0.6 is 15.9 Å². The zero-order chi connectivity index (χ0) is 31.2. The van der Waals surface area contributed by atoms with Crippen molar-refractivity contribution < 1.29 is 43.5 Å². The topological polar surface area (TPSA) is 149 Å². The zero-order valence-electron chi connectivity index (χ0n) is 25.2. The van der Waals surface area contributed by atoms with Crippen LogP contribution in [0.25, 0.3) is 5.57 Å². The number of carbonyl (C=O) groups excluding carboxylic acids is 1. The van der Waals surface area contributed by atoms with Crippen LogP contribution in [0.1, 0.15) is 71.9 Å². The van der Waals surface area contributed by atoms with Crippen molar-refractivity contribution in [3.8, 4) is 0 Å². The Hall–Kier alpha value is -2.31. The van der Waals surface area contributed by atoms with Crippen LogP contribution in [0.5, 0.6) is 0 Å². The molecule has 11 heteroatoms. The second-order valence-electron chi connectivity index (χ2n) is 12.0. The van der Waals surface area contributed by atoms with Crippen molar-refractivity contribution in [2.45, 2.75) is 107 Å². The van der Waals surface area contributed by atoms with E-state index in [-0.39, 0.29) is 18.3 Å². The van der Waals surface area contributed by atoms with Crippen LogP contribution in [-0.2, 0) is 30.2 Å². The van der Waals surface area contributed by atoms with E-state index in [4.69, 9.17) is 18.6 Å². The third kappa shape index (κ3) is 8.63. The molecule has 0 saturated carbocycles. The van der Waals surface area contributed by atoms with E-state index in [2.05, 4.69) is 27.8 Å². The molecule has 1 fully saturated rings. The van der Waals surface area contributed by atoms with Crippen LogP contribution in [0, 0.1) is 11.8 Å². The summed E-state index contributed by atoms with van der Waals surface area (Å²) in [4.78, 5) is 28.4. The Morgan fingerprint density at radius 1 is 1.31 bits per heavy atom. The molecule has 2 aliphatic heterocycles. The van der Waals surface area contributed by atoms with Gasteiger partial charge in [-0.2, -0.15) is 0 Å². The van der Waals surface area contributed by atoms with E-state index in [0.717, 1.165) is 12.0 Å². The van der Waals surface area contributed by atoms with Gasteiger partial charge in [0, 0.05) is 31.9 Å². The van der Waals surface area contributed by atoms with Gasteiger partial charge in [-0.15, -0.1) is 0 Å². The van der Waals surface area contributed by atoms with Crippen molar-refractivity contribution >= 4 is 33.4 Å². The van der Waals surface area contributed by atoms with Gasteiger partial charge in [-0.05, 0) is 51.5 Å². The summed E-state index contributed by atoms with van der Waals surface area (Å²) in [5.74, 6) is -1.43. The third-order valence-electron chi connectivity index (χ3n) is 8.12. The Bertz CT molecular complexity index is 1170. The van der Waals surface area contributed by atoms with Gasteiger partial charge in [0.05, 0.1) is 22.6 Å². The normalized spacial score (nSPS) is 34.6. The van der Waals surface area contributed by atoms with Gasteiger partial charge in [-0.25, -0.2) is 14.6 Å². The van der Waals surface area contributed by atoms with Crippen molar-refractivity contribution in [1.82, 2.24) is 4.98 Å². The highest BCUT2D eigenvalue weighted by molar-refractivity contribution is 9.09.